The van der Waals surface area contributed by atoms with Crippen LogP contribution in [-0.4, -0.2) is 48.7 Å². The monoisotopic (exact) mass is 383 g/mol. The number of hydrogen-bond acceptors (Lipinski definition) is 6. The van der Waals surface area contributed by atoms with E-state index in [1.807, 2.05) is 17.5 Å². The molecule has 0 radical (unpaired) electrons. The van der Waals surface area contributed by atoms with Crippen molar-refractivity contribution in [3.05, 3.63) is 53.4 Å². The lowest BCUT2D eigenvalue weighted by Gasteiger charge is -2.15. The Labute approximate surface area is 157 Å². The van der Waals surface area contributed by atoms with Gasteiger partial charge in [0.05, 0.1) is 35.1 Å². The summed E-state index contributed by atoms with van der Waals surface area (Å²) in [6.07, 6.45) is 3.66. The minimum atomic E-state index is -0.486. The number of phenolic OH excluding ortho intramolecular Hbond substituents is 1. The number of aliphatic hydroxyl groups is 1. The summed E-state index contributed by atoms with van der Waals surface area (Å²) in [7, 11) is 0. The molecule has 9 heteroatoms. The van der Waals surface area contributed by atoms with Gasteiger partial charge in [-0.15, -0.1) is 11.3 Å². The van der Waals surface area contributed by atoms with Crippen LogP contribution in [0, 0.1) is 0 Å². The van der Waals surface area contributed by atoms with Gasteiger partial charge in [0.15, 0.2) is 0 Å². The van der Waals surface area contributed by atoms with Crippen LogP contribution in [0.1, 0.15) is 16.1 Å². The topological polar surface area (TPSA) is 127 Å². The number of nitrogens with one attached hydrogen (secondary N) is 3. The van der Waals surface area contributed by atoms with Gasteiger partial charge in [-0.2, -0.15) is 0 Å². The first-order chi connectivity index (χ1) is 13.2. The minimum absolute atomic E-state index is 0.0205. The summed E-state index contributed by atoms with van der Waals surface area (Å²) in [4.78, 5) is 28.2. The molecule has 0 saturated heterocycles. The van der Waals surface area contributed by atoms with E-state index >= 15 is 0 Å². The fourth-order valence-corrected chi connectivity index (χ4v) is 3.54. The first kappa shape index (κ1) is 17.3. The standard InChI is InChI=1S/C18H17N5O3S/c24-8-11(6-10-7-19-9-20-10)21-18(26)12-3-4-13(25)16-15(12)22-17(23-16)14-2-1-5-27-14/h1-5,7,9,11,24-25H,6,8H2,(H,19,20)(H,21,26)(H,22,23). The Bertz CT molecular complexity index is 1060. The van der Waals surface area contributed by atoms with Crippen LogP contribution < -0.4 is 5.32 Å². The summed E-state index contributed by atoms with van der Waals surface area (Å²) in [6, 6.07) is 6.30. The fourth-order valence-electron chi connectivity index (χ4n) is 2.87. The maximum atomic E-state index is 12.8. The van der Waals surface area contributed by atoms with Crippen molar-refractivity contribution >= 4 is 28.3 Å². The Morgan fingerprint density at radius 3 is 2.93 bits per heavy atom. The summed E-state index contributed by atoms with van der Waals surface area (Å²) >= 11 is 1.51. The number of H-pyrrole nitrogens is 2. The lowest BCUT2D eigenvalue weighted by molar-refractivity contribution is 0.0918. The quantitative estimate of drug-likeness (QED) is 0.348. The van der Waals surface area contributed by atoms with Crippen molar-refractivity contribution in [2.45, 2.75) is 12.5 Å². The molecule has 1 unspecified atom stereocenters. The largest absolute Gasteiger partial charge is 0.506 e. The highest BCUT2D eigenvalue weighted by molar-refractivity contribution is 7.13. The molecule has 1 atom stereocenters. The molecule has 1 aromatic carbocycles. The molecule has 0 fully saturated rings. The molecule has 0 aliphatic rings. The van der Waals surface area contributed by atoms with Crippen LogP contribution in [0.5, 0.6) is 5.75 Å². The first-order valence-corrected chi connectivity index (χ1v) is 9.18. The molecule has 4 aromatic rings. The molecule has 0 saturated carbocycles. The van der Waals surface area contributed by atoms with Crippen LogP contribution in [0.15, 0.2) is 42.2 Å². The number of imidazole rings is 2. The van der Waals surface area contributed by atoms with Crippen molar-refractivity contribution in [1.82, 2.24) is 25.3 Å². The average Bonchev–Trinajstić information content (AvgIpc) is 3.41. The lowest BCUT2D eigenvalue weighted by Crippen LogP contribution is -2.39. The molecule has 3 aromatic heterocycles. The smallest absolute Gasteiger partial charge is 0.253 e. The number of aromatic amines is 2. The number of thiophene rings is 1. The number of carbonyl (C=O) groups is 1. The van der Waals surface area contributed by atoms with E-state index in [4.69, 9.17) is 0 Å². The van der Waals surface area contributed by atoms with Gasteiger partial charge in [0.25, 0.3) is 5.91 Å². The van der Waals surface area contributed by atoms with Crippen LogP contribution in [-0.2, 0) is 6.42 Å². The minimum Gasteiger partial charge on any atom is -0.506 e. The predicted molar refractivity (Wildman–Crippen MR) is 102 cm³/mol. The number of aromatic hydroxyl groups is 1. The van der Waals surface area contributed by atoms with Gasteiger partial charge >= 0.3 is 0 Å². The van der Waals surface area contributed by atoms with Gasteiger partial charge in [0.1, 0.15) is 22.6 Å². The lowest BCUT2D eigenvalue weighted by atomic mass is 10.1. The summed E-state index contributed by atoms with van der Waals surface area (Å²) in [6.45, 7) is -0.221. The second kappa shape index (κ2) is 7.22. The first-order valence-electron chi connectivity index (χ1n) is 8.30. The van der Waals surface area contributed by atoms with Gasteiger partial charge in [-0.1, -0.05) is 6.07 Å². The Kier molecular flexibility index (Phi) is 4.61. The zero-order valence-electron chi connectivity index (χ0n) is 14.1. The van der Waals surface area contributed by atoms with E-state index in [0.717, 1.165) is 10.6 Å². The highest BCUT2D eigenvalue weighted by atomic mass is 32.1. The van der Waals surface area contributed by atoms with Crippen molar-refractivity contribution in [2.75, 3.05) is 6.61 Å². The molecular formula is C18H17N5O3S. The van der Waals surface area contributed by atoms with Crippen molar-refractivity contribution < 1.29 is 15.0 Å². The Morgan fingerprint density at radius 2 is 2.22 bits per heavy atom. The molecule has 138 valence electrons. The summed E-state index contributed by atoms with van der Waals surface area (Å²) in [5, 5.41) is 24.5. The summed E-state index contributed by atoms with van der Waals surface area (Å²) in [5.74, 6) is 0.233. The molecular weight excluding hydrogens is 366 g/mol. The normalized spacial score (nSPS) is 12.3. The third kappa shape index (κ3) is 3.42. The zero-order valence-corrected chi connectivity index (χ0v) is 15.0. The van der Waals surface area contributed by atoms with E-state index in [1.165, 1.54) is 23.5 Å². The fraction of sp³-hybridized carbons (Fsp3) is 0.167. The number of benzene rings is 1. The Hall–Kier alpha value is -3.17. The number of phenols is 1. The molecule has 0 aliphatic carbocycles. The Balaban J connectivity index is 1.64. The van der Waals surface area contributed by atoms with Crippen molar-refractivity contribution in [3.8, 4) is 16.5 Å². The third-order valence-electron chi connectivity index (χ3n) is 4.19. The van der Waals surface area contributed by atoms with Crippen molar-refractivity contribution in [3.63, 3.8) is 0 Å². The van der Waals surface area contributed by atoms with Crippen LogP contribution in [0.2, 0.25) is 0 Å². The molecule has 0 aliphatic heterocycles. The van der Waals surface area contributed by atoms with Gasteiger partial charge in [-0.05, 0) is 23.6 Å². The van der Waals surface area contributed by atoms with Crippen LogP contribution in [0.4, 0.5) is 0 Å². The van der Waals surface area contributed by atoms with E-state index in [2.05, 4.69) is 25.3 Å². The maximum absolute atomic E-state index is 12.8. The van der Waals surface area contributed by atoms with Gasteiger partial charge in [0.2, 0.25) is 0 Å². The van der Waals surface area contributed by atoms with Gasteiger partial charge in [0, 0.05) is 12.6 Å². The van der Waals surface area contributed by atoms with E-state index in [-0.39, 0.29) is 18.3 Å². The number of aromatic nitrogens is 4. The molecule has 0 bridgehead atoms. The summed E-state index contributed by atoms with van der Waals surface area (Å²) < 4.78 is 0. The number of nitrogens with zero attached hydrogens (tertiary/aromatic N) is 2. The SMILES string of the molecule is O=C(NC(CO)Cc1c[nH]cn1)c1ccc(O)c2[nH]c(-c3cccs3)nc12. The van der Waals surface area contributed by atoms with Gasteiger partial charge in [-0.25, -0.2) is 9.97 Å². The number of fused-ring (bicyclic) bond motifs is 1. The molecule has 3 heterocycles. The van der Waals surface area contributed by atoms with Crippen LogP contribution in [0.3, 0.4) is 0 Å². The van der Waals surface area contributed by atoms with Crippen LogP contribution in [0.25, 0.3) is 21.7 Å². The third-order valence-corrected chi connectivity index (χ3v) is 5.06. The number of hydrogen-bond donors (Lipinski definition) is 5. The summed E-state index contributed by atoms with van der Waals surface area (Å²) in [5.41, 5.74) is 1.85. The predicted octanol–water partition coefficient (Wildman–Crippen LogP) is 2.05. The number of rotatable bonds is 6. The number of aliphatic hydroxyl groups excluding tert-OH is 1. The van der Waals surface area contributed by atoms with Gasteiger partial charge in [-0.3, -0.25) is 4.79 Å². The average molecular weight is 383 g/mol. The van der Waals surface area contributed by atoms with E-state index < -0.39 is 6.04 Å². The van der Waals surface area contributed by atoms with Crippen molar-refractivity contribution in [1.29, 1.82) is 0 Å². The van der Waals surface area contributed by atoms with Crippen molar-refractivity contribution in [2.24, 2.45) is 0 Å². The Morgan fingerprint density at radius 1 is 1.33 bits per heavy atom. The molecule has 4 rings (SSSR count). The number of carbonyl (C=O) groups excluding carboxylic acids is 1. The van der Waals surface area contributed by atoms with E-state index in [1.54, 1.807) is 12.5 Å². The maximum Gasteiger partial charge on any atom is 0.253 e. The second-order valence-electron chi connectivity index (χ2n) is 6.04. The highest BCUT2D eigenvalue weighted by Crippen LogP contribution is 2.30. The van der Waals surface area contributed by atoms with E-state index in [9.17, 15) is 15.0 Å². The molecule has 27 heavy (non-hydrogen) atoms. The highest BCUT2D eigenvalue weighted by Gasteiger charge is 2.20. The zero-order chi connectivity index (χ0) is 18.8. The molecule has 5 N–H and O–H groups in total. The van der Waals surface area contributed by atoms with Crippen LogP contribution >= 0.6 is 11.3 Å². The molecule has 1 amide bonds. The second-order valence-corrected chi connectivity index (χ2v) is 6.98. The molecule has 8 nitrogen and oxygen atoms in total. The van der Waals surface area contributed by atoms with E-state index in [0.29, 0.717) is 28.8 Å². The van der Waals surface area contributed by atoms with Gasteiger partial charge < -0.3 is 25.5 Å². The molecule has 0 spiro atoms. The number of amides is 1.